The van der Waals surface area contributed by atoms with Crippen LogP contribution in [-0.4, -0.2) is 27.6 Å². The zero-order chi connectivity index (χ0) is 23.5. The molecule has 0 aliphatic carbocycles. The molecule has 2 heterocycles. The molecule has 1 aliphatic heterocycles. The number of para-hydroxylation sites is 4. The van der Waals surface area contributed by atoms with Gasteiger partial charge in [0.1, 0.15) is 11.3 Å². The van der Waals surface area contributed by atoms with Crippen molar-refractivity contribution in [1.29, 1.82) is 0 Å². The lowest BCUT2D eigenvalue weighted by Gasteiger charge is -2.18. The Bertz CT molecular complexity index is 1550. The van der Waals surface area contributed by atoms with Crippen LogP contribution in [0.5, 0.6) is 17.2 Å². The molecule has 0 N–H and O–H groups in total. The Balaban J connectivity index is 1.50. The average molecular weight is 474 g/mol. The topological polar surface area (TPSA) is 65.6 Å². The van der Waals surface area contributed by atoms with Crippen molar-refractivity contribution < 1.29 is 15.8 Å². The van der Waals surface area contributed by atoms with E-state index in [1.54, 1.807) is 12.4 Å². The zero-order valence-corrected chi connectivity index (χ0v) is 19.7. The van der Waals surface area contributed by atoms with Crippen LogP contribution in [-0.2, 0) is 0 Å². The first kappa shape index (κ1) is 21.2. The highest BCUT2D eigenvalue weighted by Gasteiger charge is 2.45. The third kappa shape index (κ3) is 4.56. The number of furan rings is 1. The first-order valence-corrected chi connectivity index (χ1v) is 12.6. The van der Waals surface area contributed by atoms with Gasteiger partial charge in [0.2, 0.25) is 5.88 Å². The smallest absolute Gasteiger partial charge is 0.577 e. The highest BCUT2D eigenvalue weighted by molar-refractivity contribution is 6.39. The fraction of sp³-hybridized carbons (Fsp3) is 0. The summed E-state index contributed by atoms with van der Waals surface area (Å²) in [6, 6.07) is 32.6. The normalized spacial score (nSPS) is 13.7. The quantitative estimate of drug-likeness (QED) is 0.265. The monoisotopic (exact) mass is 474 g/mol. The molecule has 7 heteroatoms. The summed E-state index contributed by atoms with van der Waals surface area (Å²) in [7, 11) is 0. The number of nitrogens with zero attached hydrogens (tertiary/aromatic N) is 2. The van der Waals surface area contributed by atoms with Crippen LogP contribution in [0.4, 0.5) is 11.6 Å². The molecule has 0 amide bonds. The SMILES string of the molecule is C1=Nc2c(oc3ccccc23)/N=C/c2ccccc2[O][Al]([O]c2ccccc2)[O]c2ccccc21. The van der Waals surface area contributed by atoms with Crippen LogP contribution in [0.2, 0.25) is 0 Å². The Hall–Kier alpha value is -4.31. The Morgan fingerprint density at radius 3 is 1.94 bits per heavy atom. The summed E-state index contributed by atoms with van der Waals surface area (Å²) >= 11 is -2.75. The van der Waals surface area contributed by atoms with Gasteiger partial charge in [-0.15, -0.1) is 0 Å². The van der Waals surface area contributed by atoms with Gasteiger partial charge in [0.15, 0.2) is 0 Å². The van der Waals surface area contributed by atoms with Crippen LogP contribution in [0.1, 0.15) is 11.1 Å². The van der Waals surface area contributed by atoms with E-state index in [0.717, 1.165) is 22.1 Å². The molecule has 0 saturated heterocycles. The maximum Gasteiger partial charge on any atom is 1.20 e. The van der Waals surface area contributed by atoms with Crippen LogP contribution in [0.25, 0.3) is 11.0 Å². The van der Waals surface area contributed by atoms with Gasteiger partial charge in [0, 0.05) is 28.9 Å². The van der Waals surface area contributed by atoms with Crippen molar-refractivity contribution in [1.82, 2.24) is 0 Å². The largest absolute Gasteiger partial charge is 1.20 e. The van der Waals surface area contributed by atoms with Crippen molar-refractivity contribution in [2.24, 2.45) is 9.98 Å². The summed E-state index contributed by atoms with van der Waals surface area (Å²) in [5.41, 5.74) is 2.93. The van der Waals surface area contributed by atoms with E-state index < -0.39 is 15.1 Å². The van der Waals surface area contributed by atoms with Gasteiger partial charge in [-0.05, 0) is 48.5 Å². The number of aliphatic imine (C=N–C) groups is 2. The highest BCUT2D eigenvalue weighted by atomic mass is 27.3. The molecule has 5 aromatic rings. The molecule has 0 spiro atoms. The molecule has 0 fully saturated rings. The van der Waals surface area contributed by atoms with E-state index in [1.165, 1.54) is 0 Å². The molecule has 4 aromatic carbocycles. The van der Waals surface area contributed by atoms with Gasteiger partial charge in [-0.1, -0.05) is 54.6 Å². The number of benzene rings is 4. The van der Waals surface area contributed by atoms with Crippen molar-refractivity contribution in [2.75, 3.05) is 0 Å². The highest BCUT2D eigenvalue weighted by Crippen LogP contribution is 2.39. The zero-order valence-electron chi connectivity index (χ0n) is 18.6. The lowest BCUT2D eigenvalue weighted by molar-refractivity contribution is 0.307. The molecule has 6 rings (SSSR count). The molecule has 35 heavy (non-hydrogen) atoms. The minimum atomic E-state index is -2.75. The van der Waals surface area contributed by atoms with Gasteiger partial charge < -0.3 is 15.8 Å². The van der Waals surface area contributed by atoms with Crippen LogP contribution in [0.3, 0.4) is 0 Å². The van der Waals surface area contributed by atoms with Gasteiger partial charge in [-0.3, -0.25) is 0 Å². The summed E-state index contributed by atoms with van der Waals surface area (Å²) in [5.74, 6) is 2.33. The summed E-state index contributed by atoms with van der Waals surface area (Å²) < 4.78 is 24.9. The molecular weight excluding hydrogens is 455 g/mol. The predicted octanol–water partition coefficient (Wildman–Crippen LogP) is 6.77. The first-order chi connectivity index (χ1) is 17.3. The third-order valence-electron chi connectivity index (χ3n) is 5.46. The van der Waals surface area contributed by atoms with Gasteiger partial charge in [-0.2, -0.15) is 0 Å². The summed E-state index contributed by atoms with van der Waals surface area (Å²) in [6.07, 6.45) is 3.47. The second-order valence-electron chi connectivity index (χ2n) is 7.80. The lowest BCUT2D eigenvalue weighted by atomic mass is 10.2. The molecule has 0 radical (unpaired) electrons. The molecule has 0 bridgehead atoms. The standard InChI is InChI=1S/C22H16N2O3.C6H6O.Al/c25-18-10-4-1-7-15(18)13-23-21-17-9-3-6-12-20(17)27-22(21)24-14-16-8-2-5-11-19(16)26;7-6-4-2-1-3-5-6;/h1-14,25-26H;1-5,7H;/q;;+3/p-3/b23-13?,24-14+;;. The van der Waals surface area contributed by atoms with E-state index >= 15 is 0 Å². The van der Waals surface area contributed by atoms with Gasteiger partial charge in [0.05, 0.1) is 17.2 Å². The molecule has 1 aromatic heterocycles. The van der Waals surface area contributed by atoms with Crippen molar-refractivity contribution in [3.63, 3.8) is 0 Å². The maximum absolute atomic E-state index is 6.36. The molecule has 168 valence electrons. The fourth-order valence-electron chi connectivity index (χ4n) is 3.77. The van der Waals surface area contributed by atoms with E-state index in [9.17, 15) is 0 Å². The van der Waals surface area contributed by atoms with E-state index in [2.05, 4.69) is 4.99 Å². The Kier molecular flexibility index (Phi) is 5.77. The number of fused-ring (bicyclic) bond motifs is 5. The summed E-state index contributed by atoms with van der Waals surface area (Å²) in [6.45, 7) is 0. The first-order valence-electron chi connectivity index (χ1n) is 11.2. The third-order valence-corrected chi connectivity index (χ3v) is 6.82. The fourth-order valence-corrected chi connectivity index (χ4v) is 5.14. The minimum Gasteiger partial charge on any atom is -0.577 e. The number of hydrogen-bond acceptors (Lipinski definition) is 6. The minimum absolute atomic E-state index is 0.421. The molecule has 0 saturated carbocycles. The number of hydrogen-bond donors (Lipinski definition) is 0. The van der Waals surface area contributed by atoms with E-state index in [-0.39, 0.29) is 0 Å². The number of rotatable bonds is 2. The Morgan fingerprint density at radius 2 is 1.20 bits per heavy atom. The second kappa shape index (κ2) is 9.51. The van der Waals surface area contributed by atoms with Gasteiger partial charge in [0.25, 0.3) is 0 Å². The lowest BCUT2D eigenvalue weighted by Crippen LogP contribution is -2.37. The van der Waals surface area contributed by atoms with Crippen LogP contribution < -0.4 is 11.4 Å². The molecular formula is C28H19AlN2O4. The summed E-state index contributed by atoms with van der Waals surface area (Å²) in [4.78, 5) is 9.41. The van der Waals surface area contributed by atoms with Crippen molar-refractivity contribution >= 4 is 50.1 Å². The Labute approximate surface area is 207 Å². The Morgan fingerprint density at radius 1 is 0.600 bits per heavy atom. The van der Waals surface area contributed by atoms with E-state index in [4.69, 9.17) is 20.8 Å². The van der Waals surface area contributed by atoms with Crippen molar-refractivity contribution in [3.05, 3.63) is 114 Å². The molecule has 0 unspecified atom stereocenters. The van der Waals surface area contributed by atoms with Crippen LogP contribution in [0, 0.1) is 0 Å². The van der Waals surface area contributed by atoms with Crippen LogP contribution >= 0.6 is 0 Å². The van der Waals surface area contributed by atoms with Gasteiger partial charge in [-0.25, -0.2) is 9.98 Å². The summed E-state index contributed by atoms with van der Waals surface area (Å²) in [5, 5.41) is 0.883. The van der Waals surface area contributed by atoms with Crippen molar-refractivity contribution in [3.8, 4) is 17.2 Å². The molecule has 0 atom stereocenters. The second-order valence-corrected chi connectivity index (χ2v) is 9.08. The van der Waals surface area contributed by atoms with Crippen LogP contribution in [0.15, 0.2) is 118 Å². The molecule has 1 aliphatic rings. The average Bonchev–Trinajstić information content (AvgIpc) is 3.25. The van der Waals surface area contributed by atoms with Crippen molar-refractivity contribution in [2.45, 2.75) is 0 Å². The van der Waals surface area contributed by atoms with Gasteiger partial charge >= 0.3 is 15.1 Å². The van der Waals surface area contributed by atoms with E-state index in [1.807, 2.05) is 103 Å². The van der Waals surface area contributed by atoms with E-state index in [0.29, 0.717) is 28.8 Å². The predicted molar refractivity (Wildman–Crippen MR) is 138 cm³/mol. The maximum atomic E-state index is 6.36. The molecule has 6 nitrogen and oxygen atoms in total.